The smallest absolute Gasteiger partial charge is 0.462 e. The number of unbranched alkanes of at least 4 members (excludes halogenated alkanes) is 17. The van der Waals surface area contributed by atoms with Crippen molar-refractivity contribution in [2.24, 2.45) is 0 Å². The zero-order chi connectivity index (χ0) is 46.5. The van der Waals surface area contributed by atoms with Crippen LogP contribution in [0.15, 0.2) is 72.9 Å². The highest BCUT2D eigenvalue weighted by molar-refractivity contribution is 7.47. The van der Waals surface area contributed by atoms with Crippen LogP contribution in [0.1, 0.15) is 187 Å². The molecule has 10 nitrogen and oxygen atoms in total. The molecule has 0 saturated heterocycles. The van der Waals surface area contributed by atoms with Crippen LogP contribution in [0.4, 0.5) is 0 Å². The number of hydrogen-bond acceptors (Lipinski definition) is 8. The highest BCUT2D eigenvalue weighted by Gasteiger charge is 2.27. The van der Waals surface area contributed by atoms with Gasteiger partial charge < -0.3 is 24.0 Å². The Labute approximate surface area is 385 Å². The summed E-state index contributed by atoms with van der Waals surface area (Å²) in [4.78, 5) is 35.5. The average molecular weight is 907 g/mol. The van der Waals surface area contributed by atoms with Crippen LogP contribution in [0, 0.1) is 0 Å². The van der Waals surface area contributed by atoms with Crippen LogP contribution in [0.25, 0.3) is 0 Å². The Morgan fingerprint density at radius 1 is 0.587 bits per heavy atom. The van der Waals surface area contributed by atoms with E-state index in [0.29, 0.717) is 30.3 Å². The van der Waals surface area contributed by atoms with E-state index in [0.717, 1.165) is 44.9 Å². The van der Waals surface area contributed by atoms with Crippen molar-refractivity contribution in [1.82, 2.24) is 0 Å². The summed E-state index contributed by atoms with van der Waals surface area (Å²) in [6, 6.07) is 0. The molecule has 11 heteroatoms. The number of ether oxygens (including phenoxy) is 2. The fourth-order valence-corrected chi connectivity index (χ4v) is 7.19. The number of nitrogens with zero attached hydrogens (tertiary/aromatic N) is 1. The third kappa shape index (κ3) is 47.2. The minimum Gasteiger partial charge on any atom is -0.462 e. The number of phosphoric ester groups is 1. The Morgan fingerprint density at radius 3 is 1.65 bits per heavy atom. The molecule has 0 fully saturated rings. The first-order valence-corrected chi connectivity index (χ1v) is 26.3. The van der Waals surface area contributed by atoms with Gasteiger partial charge in [0.25, 0.3) is 0 Å². The van der Waals surface area contributed by atoms with Gasteiger partial charge in [0, 0.05) is 12.8 Å². The Kier molecular flexibility index (Phi) is 41.5. The zero-order valence-corrected chi connectivity index (χ0v) is 41.5. The molecular weight excluding hydrogens is 814 g/mol. The van der Waals surface area contributed by atoms with E-state index in [4.69, 9.17) is 18.5 Å². The maximum Gasteiger partial charge on any atom is 0.472 e. The lowest BCUT2D eigenvalue weighted by Gasteiger charge is -2.24. The second-order valence-electron chi connectivity index (χ2n) is 17.7. The van der Waals surface area contributed by atoms with Gasteiger partial charge in [-0.1, -0.05) is 177 Å². The van der Waals surface area contributed by atoms with Gasteiger partial charge in [-0.05, 0) is 70.6 Å². The first-order chi connectivity index (χ1) is 30.4. The van der Waals surface area contributed by atoms with Crippen molar-refractivity contribution in [2.75, 3.05) is 47.5 Å². The van der Waals surface area contributed by atoms with E-state index in [1.165, 1.54) is 96.3 Å². The van der Waals surface area contributed by atoms with Crippen molar-refractivity contribution < 1.29 is 47.2 Å². The quantitative estimate of drug-likeness (QED) is 0.0153. The summed E-state index contributed by atoms with van der Waals surface area (Å²) in [5.74, 6) is -1.01. The highest BCUT2D eigenvalue weighted by Crippen LogP contribution is 2.43. The molecule has 0 aromatic heterocycles. The van der Waals surface area contributed by atoms with Gasteiger partial charge in [-0.15, -0.1) is 0 Å². The predicted molar refractivity (Wildman–Crippen MR) is 262 cm³/mol. The molecular formula is C52H93NO9P+. The second kappa shape index (κ2) is 43.3. The number of rotatable bonds is 44. The number of likely N-dealkylation sites (N-methyl/N-ethyl adjacent to an activating group) is 1. The van der Waals surface area contributed by atoms with E-state index in [-0.39, 0.29) is 26.1 Å². The van der Waals surface area contributed by atoms with Crippen LogP contribution in [-0.4, -0.2) is 86.1 Å². The number of carbonyl (C=O) groups excluding carboxylic acids is 2. The molecule has 63 heavy (non-hydrogen) atoms. The standard InChI is InChI=1S/C52H92NO9P/c1-6-8-10-12-14-16-18-20-21-22-23-24-25-26-27-29-31-33-35-37-39-43-51(55)59-47-50(48-61-63(57,58)60-46-45-53(3,4)5)62-52(56)44-40-42-49(54)41-38-36-34-32-30-28-19-17-15-13-11-9-7-2/h9,11,15,17,20-21,28,30,34,36,38,41,49-50,54H,6-8,10,12-14,16,18-19,22-27,29,31-33,35,37,39-40,42-48H2,1-5H3/p+1/b11-9-,17-15-,21-20-,30-28-,36-34-,41-38+/t49?,50-/m1/s1. The lowest BCUT2D eigenvalue weighted by Crippen LogP contribution is -2.37. The summed E-state index contributed by atoms with van der Waals surface area (Å²) in [6.45, 7) is 4.08. The lowest BCUT2D eigenvalue weighted by molar-refractivity contribution is -0.870. The monoisotopic (exact) mass is 907 g/mol. The normalized spacial score (nSPS) is 14.6. The second-order valence-corrected chi connectivity index (χ2v) is 19.1. The number of hydrogen-bond donors (Lipinski definition) is 2. The summed E-state index contributed by atoms with van der Waals surface area (Å²) in [5.41, 5.74) is 0. The molecule has 2 N–H and O–H groups in total. The summed E-state index contributed by atoms with van der Waals surface area (Å²) >= 11 is 0. The van der Waals surface area contributed by atoms with Crippen molar-refractivity contribution >= 4 is 19.8 Å². The van der Waals surface area contributed by atoms with E-state index in [1.54, 1.807) is 12.2 Å². The molecule has 0 rings (SSSR count). The number of phosphoric acid groups is 1. The molecule has 2 unspecified atom stereocenters. The van der Waals surface area contributed by atoms with Crippen LogP contribution < -0.4 is 0 Å². The van der Waals surface area contributed by atoms with Gasteiger partial charge in [-0.3, -0.25) is 18.6 Å². The van der Waals surface area contributed by atoms with Gasteiger partial charge in [0.2, 0.25) is 0 Å². The van der Waals surface area contributed by atoms with Crippen molar-refractivity contribution in [1.29, 1.82) is 0 Å². The minimum absolute atomic E-state index is 0.00649. The fraction of sp³-hybridized carbons (Fsp3) is 0.731. The molecule has 0 aromatic rings. The number of esters is 2. The molecule has 0 aliphatic heterocycles. The molecule has 364 valence electrons. The first-order valence-electron chi connectivity index (χ1n) is 24.8. The molecule has 0 heterocycles. The number of carbonyl (C=O) groups is 2. The molecule has 0 spiro atoms. The minimum atomic E-state index is -4.44. The molecule has 0 saturated carbocycles. The Hall–Kier alpha value is -2.59. The van der Waals surface area contributed by atoms with Gasteiger partial charge in [-0.2, -0.15) is 0 Å². The highest BCUT2D eigenvalue weighted by atomic mass is 31.2. The molecule has 0 amide bonds. The molecule has 0 radical (unpaired) electrons. The Bertz CT molecular complexity index is 1320. The zero-order valence-electron chi connectivity index (χ0n) is 40.6. The van der Waals surface area contributed by atoms with E-state index < -0.39 is 38.6 Å². The molecule has 0 aromatic carbocycles. The predicted octanol–water partition coefficient (Wildman–Crippen LogP) is 13.6. The number of quaternary nitrogens is 1. The van der Waals surface area contributed by atoms with E-state index in [9.17, 15) is 24.2 Å². The summed E-state index contributed by atoms with van der Waals surface area (Å²) in [5, 5.41) is 10.3. The maximum absolute atomic E-state index is 12.7. The SMILES string of the molecule is CC/C=C\C/C=C\C/C=C\C/C=C\C=C\C(O)CCCC(=O)O[C@H](COC(=O)CCCCCCCCCCCCC/C=C\CCCCCCCC)COP(=O)(O)OCC[N+](C)(C)C. The van der Waals surface area contributed by atoms with Gasteiger partial charge in [0.15, 0.2) is 6.10 Å². The van der Waals surface area contributed by atoms with E-state index in [2.05, 4.69) is 62.5 Å². The van der Waals surface area contributed by atoms with Crippen molar-refractivity contribution in [3.05, 3.63) is 72.9 Å². The summed E-state index contributed by atoms with van der Waals surface area (Å²) in [6.07, 6.45) is 51.3. The average Bonchev–Trinajstić information content (AvgIpc) is 3.23. The molecule has 0 aliphatic rings. The number of aliphatic hydroxyl groups excluding tert-OH is 1. The third-order valence-electron chi connectivity index (χ3n) is 10.3. The maximum atomic E-state index is 12.7. The van der Waals surface area contributed by atoms with Crippen LogP contribution in [-0.2, 0) is 32.7 Å². The third-order valence-corrected chi connectivity index (χ3v) is 11.3. The van der Waals surface area contributed by atoms with Crippen LogP contribution in [0.3, 0.4) is 0 Å². The van der Waals surface area contributed by atoms with Crippen molar-refractivity contribution in [2.45, 2.75) is 199 Å². The lowest BCUT2D eigenvalue weighted by atomic mass is 10.0. The largest absolute Gasteiger partial charge is 0.472 e. The van der Waals surface area contributed by atoms with Crippen LogP contribution >= 0.6 is 7.82 Å². The molecule has 3 atom stereocenters. The summed E-state index contributed by atoms with van der Waals surface area (Å²) < 4.78 is 34.2. The van der Waals surface area contributed by atoms with Crippen LogP contribution in [0.5, 0.6) is 0 Å². The number of aliphatic hydroxyl groups is 1. The number of allylic oxidation sites excluding steroid dienone is 11. The van der Waals surface area contributed by atoms with Gasteiger partial charge in [-0.25, -0.2) is 4.57 Å². The molecule has 0 bridgehead atoms. The Balaban J connectivity index is 4.43. The van der Waals surface area contributed by atoms with Gasteiger partial charge in [0.05, 0.1) is 33.9 Å². The van der Waals surface area contributed by atoms with Gasteiger partial charge in [0.1, 0.15) is 19.8 Å². The Morgan fingerprint density at radius 2 is 1.10 bits per heavy atom. The van der Waals surface area contributed by atoms with Crippen LogP contribution in [0.2, 0.25) is 0 Å². The summed E-state index contributed by atoms with van der Waals surface area (Å²) in [7, 11) is 1.35. The topological polar surface area (TPSA) is 129 Å². The van der Waals surface area contributed by atoms with E-state index >= 15 is 0 Å². The van der Waals surface area contributed by atoms with Crippen molar-refractivity contribution in [3.63, 3.8) is 0 Å². The van der Waals surface area contributed by atoms with Gasteiger partial charge >= 0.3 is 19.8 Å². The first kappa shape index (κ1) is 60.4. The van der Waals surface area contributed by atoms with E-state index in [1.807, 2.05) is 33.3 Å². The van der Waals surface area contributed by atoms with Crippen molar-refractivity contribution in [3.8, 4) is 0 Å². The fourth-order valence-electron chi connectivity index (χ4n) is 6.45. The molecule has 0 aliphatic carbocycles.